The summed E-state index contributed by atoms with van der Waals surface area (Å²) < 4.78 is 0. The Labute approximate surface area is 110 Å². The topological polar surface area (TPSA) is 80.9 Å². The summed E-state index contributed by atoms with van der Waals surface area (Å²) in [6.07, 6.45) is 3.94. The quantitative estimate of drug-likeness (QED) is 0.859. The first kappa shape index (κ1) is 11.6. The molecule has 0 unspecified atom stereocenters. The fourth-order valence-electron chi connectivity index (χ4n) is 2.31. The van der Waals surface area contributed by atoms with Gasteiger partial charge in [0, 0.05) is 23.7 Å². The number of hydrogen-bond acceptors (Lipinski definition) is 5. The lowest BCUT2D eigenvalue weighted by Gasteiger charge is -2.16. The van der Waals surface area contributed by atoms with E-state index in [9.17, 15) is 4.79 Å². The molecule has 0 saturated carbocycles. The molecule has 0 amide bonds. The van der Waals surface area contributed by atoms with Crippen molar-refractivity contribution in [3.8, 4) is 0 Å². The van der Waals surface area contributed by atoms with Gasteiger partial charge in [-0.05, 0) is 36.6 Å². The van der Waals surface area contributed by atoms with Crippen LogP contribution >= 0.6 is 0 Å². The van der Waals surface area contributed by atoms with Gasteiger partial charge in [0.25, 0.3) is 0 Å². The summed E-state index contributed by atoms with van der Waals surface area (Å²) in [5.74, 6) is 1.30. The number of anilines is 3. The molecule has 0 bridgehead atoms. The number of aryl methyl sites for hydroxylation is 1. The van der Waals surface area contributed by atoms with E-state index in [1.165, 1.54) is 6.33 Å². The van der Waals surface area contributed by atoms with Gasteiger partial charge in [0.1, 0.15) is 18.0 Å². The van der Waals surface area contributed by atoms with Crippen LogP contribution in [0.15, 0.2) is 30.6 Å². The van der Waals surface area contributed by atoms with Crippen molar-refractivity contribution in [2.45, 2.75) is 19.3 Å². The second-order valence-electron chi connectivity index (χ2n) is 4.60. The maximum atomic E-state index is 11.7. The molecule has 0 radical (unpaired) electrons. The van der Waals surface area contributed by atoms with E-state index in [2.05, 4.69) is 15.3 Å². The first-order valence-electron chi connectivity index (χ1n) is 6.23. The van der Waals surface area contributed by atoms with Crippen molar-refractivity contribution in [3.63, 3.8) is 0 Å². The normalized spacial score (nSPS) is 14.0. The van der Waals surface area contributed by atoms with Gasteiger partial charge in [-0.2, -0.15) is 0 Å². The van der Waals surface area contributed by atoms with Crippen molar-refractivity contribution in [1.82, 2.24) is 9.97 Å². The first-order valence-corrected chi connectivity index (χ1v) is 6.23. The maximum Gasteiger partial charge on any atom is 0.163 e. The highest BCUT2D eigenvalue weighted by molar-refractivity contribution is 5.98. The number of benzene rings is 1. The molecule has 1 aromatic carbocycles. The number of fused-ring (bicyclic) bond motifs is 1. The molecule has 1 aliphatic rings. The molecule has 5 nitrogen and oxygen atoms in total. The standard InChI is InChI=1S/C14H14N4O/c15-13-7-14(17-8-16-13)18-10-4-5-11-9(6-10)2-1-3-12(11)19/h4-8H,1-3H2,(H3,15,16,17,18). The largest absolute Gasteiger partial charge is 0.384 e. The molecule has 19 heavy (non-hydrogen) atoms. The number of nitrogens with one attached hydrogen (secondary N) is 1. The van der Waals surface area contributed by atoms with Crippen molar-refractivity contribution in [2.24, 2.45) is 0 Å². The van der Waals surface area contributed by atoms with Crippen molar-refractivity contribution >= 4 is 23.1 Å². The molecule has 1 heterocycles. The van der Waals surface area contributed by atoms with E-state index < -0.39 is 0 Å². The van der Waals surface area contributed by atoms with E-state index >= 15 is 0 Å². The predicted molar refractivity (Wildman–Crippen MR) is 73.4 cm³/mol. The highest BCUT2D eigenvalue weighted by atomic mass is 16.1. The van der Waals surface area contributed by atoms with E-state index in [-0.39, 0.29) is 5.78 Å². The number of hydrogen-bond donors (Lipinski definition) is 2. The monoisotopic (exact) mass is 254 g/mol. The van der Waals surface area contributed by atoms with Gasteiger partial charge in [-0.25, -0.2) is 9.97 Å². The number of nitrogens with two attached hydrogens (primary N) is 1. The van der Waals surface area contributed by atoms with Crippen LogP contribution in [0.4, 0.5) is 17.3 Å². The summed E-state index contributed by atoms with van der Waals surface area (Å²) >= 11 is 0. The molecule has 0 aliphatic heterocycles. The Balaban J connectivity index is 1.88. The van der Waals surface area contributed by atoms with E-state index in [1.807, 2.05) is 18.2 Å². The SMILES string of the molecule is Nc1cc(Nc2ccc3c(c2)CCCC3=O)ncn1. The fourth-order valence-corrected chi connectivity index (χ4v) is 2.31. The second kappa shape index (κ2) is 4.68. The molecule has 1 aromatic heterocycles. The van der Waals surface area contributed by atoms with E-state index in [0.717, 1.165) is 29.7 Å². The zero-order chi connectivity index (χ0) is 13.2. The van der Waals surface area contributed by atoms with Crippen LogP contribution in [0.25, 0.3) is 0 Å². The lowest BCUT2D eigenvalue weighted by Crippen LogP contribution is -2.10. The zero-order valence-corrected chi connectivity index (χ0v) is 10.4. The van der Waals surface area contributed by atoms with E-state index in [4.69, 9.17) is 5.73 Å². The molecule has 5 heteroatoms. The molecular weight excluding hydrogens is 240 g/mol. The Morgan fingerprint density at radius 1 is 1.16 bits per heavy atom. The van der Waals surface area contributed by atoms with Crippen LogP contribution in [-0.4, -0.2) is 15.8 Å². The summed E-state index contributed by atoms with van der Waals surface area (Å²) in [6.45, 7) is 0. The van der Waals surface area contributed by atoms with Crippen molar-refractivity contribution < 1.29 is 4.79 Å². The molecule has 3 rings (SSSR count). The summed E-state index contributed by atoms with van der Waals surface area (Å²) in [7, 11) is 0. The van der Waals surface area contributed by atoms with E-state index in [0.29, 0.717) is 18.1 Å². The number of Topliss-reactive ketones (excluding diaryl/α,β-unsaturated/α-hetero) is 1. The average molecular weight is 254 g/mol. The summed E-state index contributed by atoms with van der Waals surface area (Å²) in [5.41, 5.74) is 8.46. The zero-order valence-electron chi connectivity index (χ0n) is 10.4. The third-order valence-corrected chi connectivity index (χ3v) is 3.22. The minimum Gasteiger partial charge on any atom is -0.384 e. The van der Waals surface area contributed by atoms with Crippen molar-refractivity contribution in [1.29, 1.82) is 0 Å². The number of carbonyl (C=O) groups excluding carboxylic acids is 1. The number of carbonyl (C=O) groups is 1. The molecule has 0 fully saturated rings. The predicted octanol–water partition coefficient (Wildman–Crippen LogP) is 2.32. The van der Waals surface area contributed by atoms with E-state index in [1.54, 1.807) is 6.07 Å². The Morgan fingerprint density at radius 3 is 2.89 bits per heavy atom. The van der Waals surface area contributed by atoms with Gasteiger partial charge < -0.3 is 11.1 Å². The second-order valence-corrected chi connectivity index (χ2v) is 4.60. The first-order chi connectivity index (χ1) is 9.22. The average Bonchev–Trinajstić information content (AvgIpc) is 2.39. The van der Waals surface area contributed by atoms with Crippen LogP contribution < -0.4 is 11.1 Å². The molecule has 3 N–H and O–H groups in total. The van der Waals surface area contributed by atoms with Crippen LogP contribution in [0, 0.1) is 0 Å². The van der Waals surface area contributed by atoms with Gasteiger partial charge in [-0.1, -0.05) is 0 Å². The third kappa shape index (κ3) is 2.40. The summed E-state index contributed by atoms with van der Waals surface area (Å²) in [6, 6.07) is 7.44. The van der Waals surface area contributed by atoms with Gasteiger partial charge in [0.2, 0.25) is 0 Å². The lowest BCUT2D eigenvalue weighted by molar-refractivity contribution is 0.0972. The van der Waals surface area contributed by atoms with Gasteiger partial charge in [0.05, 0.1) is 0 Å². The molecule has 0 atom stereocenters. The highest BCUT2D eigenvalue weighted by Gasteiger charge is 2.16. The number of rotatable bonds is 2. The third-order valence-electron chi connectivity index (χ3n) is 3.22. The highest BCUT2D eigenvalue weighted by Crippen LogP contribution is 2.25. The number of ketones is 1. The lowest BCUT2D eigenvalue weighted by atomic mass is 9.90. The molecule has 0 saturated heterocycles. The minimum atomic E-state index is 0.235. The maximum absolute atomic E-state index is 11.7. The van der Waals surface area contributed by atoms with Crippen LogP contribution in [0.5, 0.6) is 0 Å². The molecule has 2 aromatic rings. The molecule has 0 spiro atoms. The van der Waals surface area contributed by atoms with Crippen molar-refractivity contribution in [3.05, 3.63) is 41.7 Å². The van der Waals surface area contributed by atoms with Crippen LogP contribution in [-0.2, 0) is 6.42 Å². The summed E-state index contributed by atoms with van der Waals surface area (Å²) in [4.78, 5) is 19.7. The molecule has 96 valence electrons. The van der Waals surface area contributed by atoms with Crippen LogP contribution in [0.3, 0.4) is 0 Å². The summed E-state index contributed by atoms with van der Waals surface area (Å²) in [5, 5.41) is 3.17. The number of nitrogen functional groups attached to an aromatic ring is 1. The van der Waals surface area contributed by atoms with Crippen LogP contribution in [0.2, 0.25) is 0 Å². The van der Waals surface area contributed by atoms with Crippen LogP contribution in [0.1, 0.15) is 28.8 Å². The van der Waals surface area contributed by atoms with Gasteiger partial charge in [-0.3, -0.25) is 4.79 Å². The Bertz CT molecular complexity index is 639. The van der Waals surface area contributed by atoms with Gasteiger partial charge >= 0.3 is 0 Å². The van der Waals surface area contributed by atoms with Gasteiger partial charge in [-0.15, -0.1) is 0 Å². The Hall–Kier alpha value is -2.43. The molecular formula is C14H14N4O. The van der Waals surface area contributed by atoms with Gasteiger partial charge in [0.15, 0.2) is 5.78 Å². The smallest absolute Gasteiger partial charge is 0.163 e. The number of aromatic nitrogens is 2. The van der Waals surface area contributed by atoms with Crippen molar-refractivity contribution in [2.75, 3.05) is 11.1 Å². The Kier molecular flexibility index (Phi) is 2.87. The number of nitrogens with zero attached hydrogens (tertiary/aromatic N) is 2. The Morgan fingerprint density at radius 2 is 2.05 bits per heavy atom. The minimum absolute atomic E-state index is 0.235. The molecule has 1 aliphatic carbocycles. The fraction of sp³-hybridized carbons (Fsp3) is 0.214.